The second kappa shape index (κ2) is 15.0. The third-order valence-electron chi connectivity index (χ3n) is 7.65. The number of H-pyrrole nitrogens is 2. The van der Waals surface area contributed by atoms with Crippen LogP contribution >= 0.6 is 22.6 Å². The molecular formula is C40H33F2IN10. The SMILES string of the molecule is C#CC(C)(C)N.CC(C)(N)C#Cc1c(F)cnc2[nH]c3cnc(-c4cccnc4)cc3c12.Fc1cnc2[nH]c3cnc(-c4cccnc4)cc3c2c1I. The molecule has 0 unspecified atom stereocenters. The number of nitrogens with one attached hydrogen (secondary N) is 2. The molecule has 0 aliphatic heterocycles. The van der Waals surface area contributed by atoms with Crippen molar-refractivity contribution in [3.8, 4) is 46.7 Å². The van der Waals surface area contributed by atoms with E-state index in [1.54, 1.807) is 64.9 Å². The molecule has 0 saturated carbocycles. The highest BCUT2D eigenvalue weighted by atomic mass is 127. The maximum absolute atomic E-state index is 14.5. The molecule has 0 spiro atoms. The van der Waals surface area contributed by atoms with Crippen molar-refractivity contribution in [2.24, 2.45) is 11.5 Å². The van der Waals surface area contributed by atoms with Crippen molar-refractivity contribution in [1.82, 2.24) is 39.9 Å². The Hall–Kier alpha value is -5.87. The van der Waals surface area contributed by atoms with Crippen LogP contribution in [-0.4, -0.2) is 50.9 Å². The van der Waals surface area contributed by atoms with E-state index in [0.717, 1.165) is 49.7 Å². The first kappa shape index (κ1) is 36.9. The number of pyridine rings is 6. The molecule has 13 heteroatoms. The van der Waals surface area contributed by atoms with E-state index in [9.17, 15) is 8.78 Å². The molecule has 8 aromatic rings. The number of nitrogens with zero attached hydrogens (tertiary/aromatic N) is 6. The molecule has 8 heterocycles. The van der Waals surface area contributed by atoms with Crippen LogP contribution in [0.4, 0.5) is 8.78 Å². The Kier molecular flexibility index (Phi) is 10.4. The molecular weight excluding hydrogens is 785 g/mol. The minimum atomic E-state index is -0.726. The highest BCUT2D eigenvalue weighted by molar-refractivity contribution is 14.1. The molecule has 8 aromatic heterocycles. The van der Waals surface area contributed by atoms with E-state index in [4.69, 9.17) is 17.9 Å². The molecule has 8 rings (SSSR count). The predicted octanol–water partition coefficient (Wildman–Crippen LogP) is 7.67. The molecule has 0 saturated heterocycles. The van der Waals surface area contributed by atoms with E-state index in [1.807, 2.05) is 59.0 Å². The van der Waals surface area contributed by atoms with Crippen LogP contribution in [0.3, 0.4) is 0 Å². The summed E-state index contributed by atoms with van der Waals surface area (Å²) in [6.07, 6.45) is 17.7. The van der Waals surface area contributed by atoms with Crippen molar-refractivity contribution in [3.05, 3.63) is 107 Å². The van der Waals surface area contributed by atoms with Gasteiger partial charge in [-0.1, -0.05) is 17.8 Å². The van der Waals surface area contributed by atoms with Crippen molar-refractivity contribution in [2.75, 3.05) is 0 Å². The van der Waals surface area contributed by atoms with E-state index in [-0.39, 0.29) is 11.4 Å². The summed E-state index contributed by atoms with van der Waals surface area (Å²) in [5.41, 5.74) is 16.5. The number of terminal acetylenes is 1. The topological polar surface area (TPSA) is 161 Å². The number of rotatable bonds is 2. The molecule has 0 radical (unpaired) electrons. The highest BCUT2D eigenvalue weighted by Crippen LogP contribution is 2.32. The van der Waals surface area contributed by atoms with Crippen molar-refractivity contribution in [1.29, 1.82) is 0 Å². The normalized spacial score (nSPS) is 11.3. The van der Waals surface area contributed by atoms with Crippen molar-refractivity contribution in [2.45, 2.75) is 38.8 Å². The number of aromatic amines is 2. The zero-order chi connectivity index (χ0) is 37.9. The lowest BCUT2D eigenvalue weighted by Gasteiger charge is -2.08. The maximum Gasteiger partial charge on any atom is 0.157 e. The van der Waals surface area contributed by atoms with Gasteiger partial charge in [-0.15, -0.1) is 6.42 Å². The molecule has 264 valence electrons. The highest BCUT2D eigenvalue weighted by Gasteiger charge is 2.16. The largest absolute Gasteiger partial charge is 0.338 e. The lowest BCUT2D eigenvalue weighted by Crippen LogP contribution is -2.29. The summed E-state index contributed by atoms with van der Waals surface area (Å²) >= 11 is 2.01. The Balaban J connectivity index is 0.000000160. The molecule has 0 amide bonds. The molecule has 0 bridgehead atoms. The number of fused-ring (bicyclic) bond motifs is 6. The second-order valence-electron chi connectivity index (χ2n) is 13.1. The fourth-order valence-electron chi connectivity index (χ4n) is 5.12. The van der Waals surface area contributed by atoms with Crippen LogP contribution in [0.5, 0.6) is 0 Å². The summed E-state index contributed by atoms with van der Waals surface area (Å²) in [6.45, 7) is 7.12. The number of nitrogens with two attached hydrogens (primary N) is 2. The van der Waals surface area contributed by atoms with Gasteiger partial charge in [0.25, 0.3) is 0 Å². The lowest BCUT2D eigenvalue weighted by molar-refractivity contribution is 0.617. The molecule has 0 aliphatic rings. The number of hydrogen-bond acceptors (Lipinski definition) is 8. The first-order valence-corrected chi connectivity index (χ1v) is 17.3. The molecule has 53 heavy (non-hydrogen) atoms. The van der Waals surface area contributed by atoms with Gasteiger partial charge in [0.05, 0.1) is 67.4 Å². The van der Waals surface area contributed by atoms with Gasteiger partial charge in [-0.05, 0) is 86.7 Å². The fraction of sp³-hybridized carbons (Fsp3) is 0.150. The lowest BCUT2D eigenvalue weighted by atomic mass is 10.0. The van der Waals surface area contributed by atoms with E-state index in [1.165, 1.54) is 12.4 Å². The summed E-state index contributed by atoms with van der Waals surface area (Å²) in [7, 11) is 0. The fourth-order valence-corrected chi connectivity index (χ4v) is 5.81. The Morgan fingerprint density at radius 2 is 1.19 bits per heavy atom. The van der Waals surface area contributed by atoms with Crippen molar-refractivity contribution >= 4 is 66.5 Å². The molecule has 0 atom stereocenters. The van der Waals surface area contributed by atoms with Crippen LogP contribution in [0.15, 0.2) is 86.0 Å². The molecule has 0 fully saturated rings. The van der Waals surface area contributed by atoms with E-state index in [0.29, 0.717) is 20.3 Å². The van der Waals surface area contributed by atoms with Crippen molar-refractivity contribution < 1.29 is 8.78 Å². The quantitative estimate of drug-likeness (QED) is 0.102. The van der Waals surface area contributed by atoms with E-state index in [2.05, 4.69) is 57.6 Å². The van der Waals surface area contributed by atoms with E-state index >= 15 is 0 Å². The van der Waals surface area contributed by atoms with Crippen LogP contribution < -0.4 is 11.5 Å². The minimum Gasteiger partial charge on any atom is -0.338 e. The van der Waals surface area contributed by atoms with Gasteiger partial charge in [-0.3, -0.25) is 19.9 Å². The zero-order valence-corrected chi connectivity index (χ0v) is 31.3. The Morgan fingerprint density at radius 3 is 1.66 bits per heavy atom. The van der Waals surface area contributed by atoms with Crippen LogP contribution in [0.1, 0.15) is 33.3 Å². The summed E-state index contributed by atoms with van der Waals surface area (Å²) < 4.78 is 28.8. The van der Waals surface area contributed by atoms with Crippen LogP contribution in [0.2, 0.25) is 0 Å². The minimum absolute atomic E-state index is 0.281. The summed E-state index contributed by atoms with van der Waals surface area (Å²) in [5.74, 6) is 7.37. The molecule has 10 nitrogen and oxygen atoms in total. The van der Waals surface area contributed by atoms with Gasteiger partial charge < -0.3 is 21.4 Å². The summed E-state index contributed by atoms with van der Waals surface area (Å²) in [6, 6.07) is 11.4. The zero-order valence-electron chi connectivity index (χ0n) is 29.1. The summed E-state index contributed by atoms with van der Waals surface area (Å²) in [5, 5.41) is 3.14. The first-order valence-electron chi connectivity index (χ1n) is 16.2. The number of aromatic nitrogens is 8. The van der Waals surface area contributed by atoms with Crippen molar-refractivity contribution in [3.63, 3.8) is 0 Å². The van der Waals surface area contributed by atoms with Gasteiger partial charge in [0.15, 0.2) is 11.6 Å². The van der Waals surface area contributed by atoms with Crippen LogP contribution in [0, 0.1) is 39.4 Å². The van der Waals surface area contributed by atoms with Gasteiger partial charge in [0.1, 0.15) is 11.3 Å². The third kappa shape index (κ3) is 8.45. The smallest absolute Gasteiger partial charge is 0.157 e. The first-order chi connectivity index (χ1) is 25.2. The Morgan fingerprint density at radius 1 is 0.698 bits per heavy atom. The maximum atomic E-state index is 14.5. The molecule has 0 aromatic carbocycles. The monoisotopic (exact) mass is 818 g/mol. The van der Waals surface area contributed by atoms with E-state index < -0.39 is 16.9 Å². The van der Waals surface area contributed by atoms with Gasteiger partial charge in [-0.2, -0.15) is 0 Å². The second-order valence-corrected chi connectivity index (χ2v) is 14.2. The molecule has 0 aliphatic carbocycles. The van der Waals surface area contributed by atoms with Crippen LogP contribution in [0.25, 0.3) is 66.4 Å². The average molecular weight is 819 g/mol. The van der Waals surface area contributed by atoms with Gasteiger partial charge >= 0.3 is 0 Å². The van der Waals surface area contributed by atoms with Gasteiger partial charge in [0.2, 0.25) is 0 Å². The number of hydrogen-bond donors (Lipinski definition) is 4. The average Bonchev–Trinajstić information content (AvgIpc) is 3.71. The van der Waals surface area contributed by atoms with Gasteiger partial charge in [-0.25, -0.2) is 18.7 Å². The number of halogens is 3. The Bertz CT molecular complexity index is 2700. The standard InChI is InChI=1S/C20H16FN5.C15H8FIN4.C5H9N/c1-20(2,22)6-5-13-15(21)10-25-19-18(13)14-8-16(24-11-17(14)26-19)12-4-3-7-23-9-12;16-10-6-20-15-13(14(10)17)9-4-11(19-7-12(9)21-15)8-2-1-3-18-5-8;1-4-5(2,3)6/h3-4,7-11H,22H2,1-2H3,(H,25,26);1-7H,(H,20,21);1H,6H2,2-3H3. The predicted molar refractivity (Wildman–Crippen MR) is 214 cm³/mol. The third-order valence-corrected chi connectivity index (χ3v) is 8.71. The van der Waals surface area contributed by atoms with Crippen LogP contribution in [-0.2, 0) is 0 Å². The van der Waals surface area contributed by atoms with Gasteiger partial charge in [0, 0.05) is 57.5 Å². The molecule has 6 N–H and O–H groups in total. The summed E-state index contributed by atoms with van der Waals surface area (Å²) in [4.78, 5) is 31.7. The Labute approximate surface area is 317 Å².